The molecule has 2 aromatic rings. The third kappa shape index (κ3) is 3.50. The predicted molar refractivity (Wildman–Crippen MR) is 83.3 cm³/mol. The third-order valence-corrected chi connectivity index (χ3v) is 3.46. The molecule has 0 saturated carbocycles. The Kier molecular flexibility index (Phi) is 4.99. The van der Waals surface area contributed by atoms with Gasteiger partial charge in [-0.3, -0.25) is 0 Å². The van der Waals surface area contributed by atoms with Crippen LogP contribution in [-0.4, -0.2) is 14.2 Å². The summed E-state index contributed by atoms with van der Waals surface area (Å²) in [6.45, 7) is 0.577. The summed E-state index contributed by atoms with van der Waals surface area (Å²) >= 11 is 12.1. The van der Waals surface area contributed by atoms with Crippen LogP contribution in [0.5, 0.6) is 11.5 Å². The van der Waals surface area contributed by atoms with Gasteiger partial charge in [0.05, 0.1) is 24.9 Å². The molecule has 0 aliphatic carbocycles. The first-order valence-corrected chi connectivity index (χ1v) is 6.79. The molecule has 0 aliphatic rings. The maximum Gasteiger partial charge on any atom is 0.127 e. The molecule has 0 unspecified atom stereocenters. The van der Waals surface area contributed by atoms with Crippen molar-refractivity contribution in [1.29, 1.82) is 0 Å². The van der Waals surface area contributed by atoms with Crippen molar-refractivity contribution in [1.82, 2.24) is 0 Å². The molecule has 0 aliphatic heterocycles. The Morgan fingerprint density at radius 1 is 1.00 bits per heavy atom. The molecular formula is C15H15Cl2NO2. The van der Waals surface area contributed by atoms with Crippen LogP contribution in [0.25, 0.3) is 0 Å². The lowest BCUT2D eigenvalue weighted by molar-refractivity contribution is 0.391. The van der Waals surface area contributed by atoms with Crippen LogP contribution in [-0.2, 0) is 6.54 Å². The van der Waals surface area contributed by atoms with E-state index < -0.39 is 0 Å². The van der Waals surface area contributed by atoms with E-state index in [9.17, 15) is 0 Å². The predicted octanol–water partition coefficient (Wildman–Crippen LogP) is 4.62. The highest BCUT2D eigenvalue weighted by Gasteiger charge is 2.06. The van der Waals surface area contributed by atoms with Gasteiger partial charge in [0.1, 0.15) is 11.5 Å². The van der Waals surface area contributed by atoms with E-state index >= 15 is 0 Å². The van der Waals surface area contributed by atoms with E-state index in [1.807, 2.05) is 18.2 Å². The molecule has 20 heavy (non-hydrogen) atoms. The molecule has 0 radical (unpaired) electrons. The number of benzene rings is 2. The zero-order valence-corrected chi connectivity index (χ0v) is 12.8. The Morgan fingerprint density at radius 3 is 2.50 bits per heavy atom. The maximum atomic E-state index is 6.11. The van der Waals surface area contributed by atoms with Gasteiger partial charge in [-0.2, -0.15) is 0 Å². The van der Waals surface area contributed by atoms with Gasteiger partial charge in [0.25, 0.3) is 0 Å². The van der Waals surface area contributed by atoms with E-state index in [2.05, 4.69) is 5.32 Å². The number of rotatable bonds is 5. The second-order valence-electron chi connectivity index (χ2n) is 4.16. The number of ether oxygens (including phenoxy) is 2. The van der Waals surface area contributed by atoms with Crippen molar-refractivity contribution in [2.75, 3.05) is 19.5 Å². The summed E-state index contributed by atoms with van der Waals surface area (Å²) in [5, 5.41) is 4.51. The maximum absolute atomic E-state index is 6.11. The molecule has 2 aromatic carbocycles. The van der Waals surface area contributed by atoms with Crippen molar-refractivity contribution in [2.45, 2.75) is 6.54 Å². The molecule has 0 heterocycles. The number of anilines is 1. The fourth-order valence-electron chi connectivity index (χ4n) is 1.82. The molecule has 5 heteroatoms. The Labute approximate surface area is 128 Å². The number of hydrogen-bond acceptors (Lipinski definition) is 3. The van der Waals surface area contributed by atoms with Gasteiger partial charge in [0.15, 0.2) is 0 Å². The third-order valence-electron chi connectivity index (χ3n) is 2.89. The molecule has 0 amide bonds. The van der Waals surface area contributed by atoms with Crippen LogP contribution in [0.4, 0.5) is 5.69 Å². The van der Waals surface area contributed by atoms with E-state index in [0.29, 0.717) is 16.6 Å². The highest BCUT2D eigenvalue weighted by Crippen LogP contribution is 2.28. The second-order valence-corrected chi connectivity index (χ2v) is 5.00. The van der Waals surface area contributed by atoms with Gasteiger partial charge >= 0.3 is 0 Å². The average molecular weight is 312 g/mol. The first kappa shape index (κ1) is 14.8. The summed E-state index contributed by atoms with van der Waals surface area (Å²) in [6, 6.07) is 11.0. The smallest absolute Gasteiger partial charge is 0.127 e. The van der Waals surface area contributed by atoms with E-state index in [1.165, 1.54) is 0 Å². The molecule has 0 saturated heterocycles. The van der Waals surface area contributed by atoms with E-state index in [-0.39, 0.29) is 0 Å². The molecule has 2 rings (SSSR count). The topological polar surface area (TPSA) is 30.5 Å². The fourth-order valence-corrected chi connectivity index (χ4v) is 2.18. The van der Waals surface area contributed by atoms with E-state index in [0.717, 1.165) is 22.7 Å². The average Bonchev–Trinajstić information content (AvgIpc) is 2.48. The summed E-state index contributed by atoms with van der Waals surface area (Å²) in [7, 11) is 3.25. The van der Waals surface area contributed by atoms with Gasteiger partial charge in [0, 0.05) is 23.2 Å². The van der Waals surface area contributed by atoms with Crippen LogP contribution < -0.4 is 14.8 Å². The van der Waals surface area contributed by atoms with Gasteiger partial charge in [-0.15, -0.1) is 0 Å². The zero-order valence-electron chi connectivity index (χ0n) is 11.2. The molecule has 0 atom stereocenters. The minimum absolute atomic E-state index is 0.577. The van der Waals surface area contributed by atoms with Crippen molar-refractivity contribution in [2.24, 2.45) is 0 Å². The number of halogens is 2. The summed E-state index contributed by atoms with van der Waals surface area (Å²) in [5.74, 6) is 1.52. The van der Waals surface area contributed by atoms with E-state index in [4.69, 9.17) is 32.7 Å². The van der Waals surface area contributed by atoms with Crippen molar-refractivity contribution in [3.63, 3.8) is 0 Å². The lowest BCUT2D eigenvalue weighted by Crippen LogP contribution is -2.02. The standard InChI is InChI=1S/C15H15Cl2NO2/c1-19-12-5-3-10(15(8-12)20-2)9-18-14-7-11(16)4-6-13(14)17/h3-8,18H,9H2,1-2H3. The Hall–Kier alpha value is -1.58. The lowest BCUT2D eigenvalue weighted by Gasteiger charge is -2.13. The number of nitrogens with one attached hydrogen (secondary N) is 1. The van der Waals surface area contributed by atoms with Crippen LogP contribution >= 0.6 is 23.2 Å². The SMILES string of the molecule is COc1ccc(CNc2cc(Cl)ccc2Cl)c(OC)c1. The van der Waals surface area contributed by atoms with Crippen LogP contribution in [0.3, 0.4) is 0 Å². The fraction of sp³-hybridized carbons (Fsp3) is 0.200. The van der Waals surface area contributed by atoms with Crippen LogP contribution in [0.1, 0.15) is 5.56 Å². The highest BCUT2D eigenvalue weighted by molar-refractivity contribution is 6.35. The number of hydrogen-bond donors (Lipinski definition) is 1. The Bertz CT molecular complexity index is 602. The van der Waals surface area contributed by atoms with Gasteiger partial charge in [-0.25, -0.2) is 0 Å². The molecular weight excluding hydrogens is 297 g/mol. The first-order valence-electron chi connectivity index (χ1n) is 6.04. The second kappa shape index (κ2) is 6.73. The number of methoxy groups -OCH3 is 2. The minimum Gasteiger partial charge on any atom is -0.497 e. The first-order chi connectivity index (χ1) is 9.63. The molecule has 1 N–H and O–H groups in total. The Balaban J connectivity index is 2.16. The van der Waals surface area contributed by atoms with Gasteiger partial charge in [0.2, 0.25) is 0 Å². The van der Waals surface area contributed by atoms with E-state index in [1.54, 1.807) is 32.4 Å². The van der Waals surface area contributed by atoms with Crippen molar-refractivity contribution >= 4 is 28.9 Å². The molecule has 0 bridgehead atoms. The summed E-state index contributed by atoms with van der Waals surface area (Å²) < 4.78 is 10.5. The molecule has 0 spiro atoms. The van der Waals surface area contributed by atoms with Crippen molar-refractivity contribution in [3.8, 4) is 11.5 Å². The molecule has 0 aromatic heterocycles. The molecule has 0 fully saturated rings. The van der Waals surface area contributed by atoms with Gasteiger partial charge in [-0.05, 0) is 30.3 Å². The van der Waals surface area contributed by atoms with Gasteiger partial charge < -0.3 is 14.8 Å². The summed E-state index contributed by atoms with van der Waals surface area (Å²) in [5.41, 5.74) is 1.79. The van der Waals surface area contributed by atoms with Crippen molar-refractivity contribution in [3.05, 3.63) is 52.0 Å². The normalized spacial score (nSPS) is 10.2. The monoisotopic (exact) mass is 311 g/mol. The quantitative estimate of drug-likeness (QED) is 0.873. The lowest BCUT2D eigenvalue weighted by atomic mass is 10.2. The van der Waals surface area contributed by atoms with Crippen LogP contribution in [0, 0.1) is 0 Å². The van der Waals surface area contributed by atoms with Gasteiger partial charge in [-0.1, -0.05) is 23.2 Å². The zero-order chi connectivity index (χ0) is 14.5. The summed E-state index contributed by atoms with van der Waals surface area (Å²) in [4.78, 5) is 0. The van der Waals surface area contributed by atoms with Crippen molar-refractivity contribution < 1.29 is 9.47 Å². The van der Waals surface area contributed by atoms with Crippen LogP contribution in [0.15, 0.2) is 36.4 Å². The Morgan fingerprint density at radius 2 is 1.80 bits per heavy atom. The largest absolute Gasteiger partial charge is 0.497 e. The highest BCUT2D eigenvalue weighted by atomic mass is 35.5. The van der Waals surface area contributed by atoms with Crippen LogP contribution in [0.2, 0.25) is 10.0 Å². The minimum atomic E-state index is 0.577. The molecule has 3 nitrogen and oxygen atoms in total. The summed E-state index contributed by atoms with van der Waals surface area (Å²) in [6.07, 6.45) is 0. The molecule has 106 valence electrons.